The minimum absolute atomic E-state index is 0.162. The van der Waals surface area contributed by atoms with Crippen molar-refractivity contribution in [3.8, 4) is 0 Å². The van der Waals surface area contributed by atoms with Crippen molar-refractivity contribution in [1.29, 1.82) is 0 Å². The summed E-state index contributed by atoms with van der Waals surface area (Å²) in [4.78, 5) is 11.8. The van der Waals surface area contributed by atoms with Gasteiger partial charge in [0.05, 0.1) is 6.20 Å². The van der Waals surface area contributed by atoms with Crippen molar-refractivity contribution in [3.63, 3.8) is 0 Å². The van der Waals surface area contributed by atoms with E-state index in [2.05, 4.69) is 17.2 Å². The van der Waals surface area contributed by atoms with Crippen LogP contribution in [0.25, 0.3) is 0 Å². The van der Waals surface area contributed by atoms with Crippen LogP contribution in [0.5, 0.6) is 0 Å². The van der Waals surface area contributed by atoms with Crippen LogP contribution in [0, 0.1) is 0 Å². The van der Waals surface area contributed by atoms with E-state index >= 15 is 0 Å². The van der Waals surface area contributed by atoms with Gasteiger partial charge < -0.3 is 0 Å². The van der Waals surface area contributed by atoms with E-state index in [-0.39, 0.29) is 5.78 Å². The molecule has 0 spiro atoms. The third-order valence-electron chi connectivity index (χ3n) is 3.51. The van der Waals surface area contributed by atoms with Gasteiger partial charge in [-0.1, -0.05) is 63.5 Å². The first-order chi connectivity index (χ1) is 9.25. The predicted molar refractivity (Wildman–Crippen MR) is 77.2 cm³/mol. The molecule has 0 radical (unpaired) electrons. The average molecular weight is 265 g/mol. The number of hydrogen-bond donors (Lipinski definition) is 0. The highest BCUT2D eigenvalue weighted by atomic mass is 16.1. The number of ketones is 1. The second-order valence-electron chi connectivity index (χ2n) is 5.24. The molecule has 0 fully saturated rings. The summed E-state index contributed by atoms with van der Waals surface area (Å²) in [6.07, 6.45) is 13.7. The topological polar surface area (TPSA) is 47.8 Å². The number of Topliss-reactive ketones (excluding diaryl/α,β-unsaturated/α-hetero) is 1. The Morgan fingerprint density at radius 1 is 1.05 bits per heavy atom. The molecule has 0 saturated carbocycles. The molecule has 1 rings (SSSR count). The minimum atomic E-state index is 0.162. The van der Waals surface area contributed by atoms with Gasteiger partial charge >= 0.3 is 0 Å². The quantitative estimate of drug-likeness (QED) is 0.450. The Hall–Kier alpha value is -1.19. The largest absolute Gasteiger partial charge is 0.292 e. The molecular formula is C15H27N3O. The van der Waals surface area contributed by atoms with Crippen molar-refractivity contribution in [1.82, 2.24) is 15.0 Å². The Labute approximate surface area is 116 Å². The standard InChI is InChI=1S/C15H27N3O/c1-3-4-5-6-7-8-9-10-11-12-15(19)14-13-16-17-18(14)2/h13H,3-12H2,1-2H3. The van der Waals surface area contributed by atoms with Crippen LogP contribution < -0.4 is 0 Å². The van der Waals surface area contributed by atoms with Gasteiger partial charge in [-0.25, -0.2) is 4.68 Å². The summed E-state index contributed by atoms with van der Waals surface area (Å²) in [6.45, 7) is 2.24. The molecule has 0 bridgehead atoms. The monoisotopic (exact) mass is 265 g/mol. The van der Waals surface area contributed by atoms with Gasteiger partial charge in [-0.15, -0.1) is 5.10 Å². The number of aryl methyl sites for hydroxylation is 1. The van der Waals surface area contributed by atoms with Gasteiger partial charge in [0.25, 0.3) is 0 Å². The van der Waals surface area contributed by atoms with E-state index in [1.54, 1.807) is 17.9 Å². The molecule has 0 saturated heterocycles. The van der Waals surface area contributed by atoms with E-state index in [0.29, 0.717) is 12.1 Å². The lowest BCUT2D eigenvalue weighted by molar-refractivity contribution is 0.0970. The van der Waals surface area contributed by atoms with Gasteiger partial charge in [0.15, 0.2) is 5.78 Å². The fraction of sp³-hybridized carbons (Fsp3) is 0.800. The first-order valence-electron chi connectivity index (χ1n) is 7.63. The molecule has 0 aliphatic rings. The molecule has 1 aromatic heterocycles. The van der Waals surface area contributed by atoms with Crippen molar-refractivity contribution < 1.29 is 4.79 Å². The van der Waals surface area contributed by atoms with Crippen LogP contribution in [-0.4, -0.2) is 20.8 Å². The Morgan fingerprint density at radius 3 is 2.16 bits per heavy atom. The number of carbonyl (C=O) groups is 1. The molecule has 4 heteroatoms. The van der Waals surface area contributed by atoms with Crippen LogP contribution in [0.15, 0.2) is 6.20 Å². The van der Waals surface area contributed by atoms with Gasteiger partial charge in [0.1, 0.15) is 5.69 Å². The molecule has 19 heavy (non-hydrogen) atoms. The van der Waals surface area contributed by atoms with Crippen LogP contribution in [-0.2, 0) is 7.05 Å². The second-order valence-corrected chi connectivity index (χ2v) is 5.24. The lowest BCUT2D eigenvalue weighted by atomic mass is 10.0. The van der Waals surface area contributed by atoms with Crippen molar-refractivity contribution in [2.75, 3.05) is 0 Å². The highest BCUT2D eigenvalue weighted by Crippen LogP contribution is 2.11. The molecule has 0 atom stereocenters. The van der Waals surface area contributed by atoms with E-state index in [1.165, 1.54) is 44.9 Å². The fourth-order valence-electron chi connectivity index (χ4n) is 2.27. The summed E-state index contributed by atoms with van der Waals surface area (Å²) in [5.74, 6) is 0.162. The Bertz CT molecular complexity index is 360. The summed E-state index contributed by atoms with van der Waals surface area (Å²) >= 11 is 0. The van der Waals surface area contributed by atoms with E-state index < -0.39 is 0 Å². The molecular weight excluding hydrogens is 238 g/mol. The molecule has 1 aromatic rings. The summed E-state index contributed by atoms with van der Waals surface area (Å²) in [7, 11) is 1.76. The third kappa shape index (κ3) is 6.50. The van der Waals surface area contributed by atoms with E-state index in [9.17, 15) is 4.79 Å². The van der Waals surface area contributed by atoms with Gasteiger partial charge in [-0.3, -0.25) is 4.79 Å². The number of unbranched alkanes of at least 4 members (excludes halogenated alkanes) is 8. The SMILES string of the molecule is CCCCCCCCCCCC(=O)c1cnnn1C. The normalized spacial score (nSPS) is 10.8. The molecule has 0 aliphatic heterocycles. The number of aromatic nitrogens is 3. The number of rotatable bonds is 11. The molecule has 4 nitrogen and oxygen atoms in total. The van der Waals surface area contributed by atoms with Gasteiger partial charge in [0.2, 0.25) is 0 Å². The van der Waals surface area contributed by atoms with Crippen LogP contribution in [0.2, 0.25) is 0 Å². The van der Waals surface area contributed by atoms with Crippen molar-refractivity contribution in [2.45, 2.75) is 71.1 Å². The molecule has 0 amide bonds. The molecule has 0 aliphatic carbocycles. The highest BCUT2D eigenvalue weighted by molar-refractivity contribution is 5.94. The second kappa shape index (κ2) is 9.70. The molecule has 0 aromatic carbocycles. The van der Waals surface area contributed by atoms with Crippen molar-refractivity contribution in [3.05, 3.63) is 11.9 Å². The van der Waals surface area contributed by atoms with Crippen LogP contribution in [0.4, 0.5) is 0 Å². The van der Waals surface area contributed by atoms with Crippen LogP contribution >= 0.6 is 0 Å². The molecule has 0 N–H and O–H groups in total. The van der Waals surface area contributed by atoms with Crippen molar-refractivity contribution in [2.24, 2.45) is 7.05 Å². The minimum Gasteiger partial charge on any atom is -0.292 e. The zero-order valence-electron chi connectivity index (χ0n) is 12.4. The summed E-state index contributed by atoms with van der Waals surface area (Å²) < 4.78 is 1.55. The number of hydrogen-bond acceptors (Lipinski definition) is 3. The zero-order valence-corrected chi connectivity index (χ0v) is 12.4. The number of carbonyl (C=O) groups excluding carboxylic acids is 1. The van der Waals surface area contributed by atoms with Gasteiger partial charge in [-0.05, 0) is 6.42 Å². The smallest absolute Gasteiger partial charge is 0.182 e. The predicted octanol–water partition coefficient (Wildman–Crippen LogP) is 3.92. The maximum absolute atomic E-state index is 11.8. The first-order valence-corrected chi connectivity index (χ1v) is 7.63. The molecule has 108 valence electrons. The third-order valence-corrected chi connectivity index (χ3v) is 3.51. The average Bonchev–Trinajstić information content (AvgIpc) is 2.83. The van der Waals surface area contributed by atoms with Crippen LogP contribution in [0.3, 0.4) is 0 Å². The first kappa shape index (κ1) is 15.9. The van der Waals surface area contributed by atoms with Gasteiger partial charge in [-0.2, -0.15) is 0 Å². The van der Waals surface area contributed by atoms with E-state index in [1.807, 2.05) is 0 Å². The number of nitrogens with zero attached hydrogens (tertiary/aromatic N) is 3. The lowest BCUT2D eigenvalue weighted by Crippen LogP contribution is -2.06. The Balaban J connectivity index is 1.96. The maximum atomic E-state index is 11.8. The highest BCUT2D eigenvalue weighted by Gasteiger charge is 2.09. The Morgan fingerprint density at radius 2 is 1.63 bits per heavy atom. The summed E-state index contributed by atoms with van der Waals surface area (Å²) in [5.41, 5.74) is 0.625. The van der Waals surface area contributed by atoms with Crippen molar-refractivity contribution >= 4 is 5.78 Å². The zero-order chi connectivity index (χ0) is 13.9. The maximum Gasteiger partial charge on any atom is 0.182 e. The molecule has 1 heterocycles. The fourth-order valence-corrected chi connectivity index (χ4v) is 2.27. The van der Waals surface area contributed by atoms with E-state index in [0.717, 1.165) is 12.8 Å². The summed E-state index contributed by atoms with van der Waals surface area (Å²) in [5, 5.41) is 7.50. The summed E-state index contributed by atoms with van der Waals surface area (Å²) in [6, 6.07) is 0. The Kier molecular flexibility index (Phi) is 8.10. The van der Waals surface area contributed by atoms with Crippen LogP contribution in [0.1, 0.15) is 81.6 Å². The van der Waals surface area contributed by atoms with Gasteiger partial charge in [0, 0.05) is 13.5 Å². The molecule has 0 unspecified atom stereocenters. The lowest BCUT2D eigenvalue weighted by Gasteiger charge is -2.02. The van der Waals surface area contributed by atoms with E-state index in [4.69, 9.17) is 0 Å².